The standard InChI is InChI=1S/C24H37N3O7S/c1-16-13-27(23(28)18-8-10-33-11-9-18)17(2)15-34-21-12-19(25-35(5,30)31)6-7-20(21)24(29)26(3)14-22(16)32-4/h6-7,12,16-18,22,25H,8-11,13-15H2,1-5H3/t16-,17+,22-/m0/s1. The number of hydrogen-bond acceptors (Lipinski definition) is 7. The minimum Gasteiger partial charge on any atom is -0.491 e. The first-order chi connectivity index (χ1) is 16.5. The molecule has 1 N–H and O–H groups in total. The maximum Gasteiger partial charge on any atom is 0.257 e. The van der Waals surface area contributed by atoms with Crippen molar-refractivity contribution in [3.8, 4) is 5.75 Å². The number of anilines is 1. The Balaban J connectivity index is 1.96. The van der Waals surface area contributed by atoms with Gasteiger partial charge in [0.25, 0.3) is 5.91 Å². The van der Waals surface area contributed by atoms with E-state index in [0.29, 0.717) is 50.4 Å². The largest absolute Gasteiger partial charge is 0.491 e. The first kappa shape index (κ1) is 27.2. The summed E-state index contributed by atoms with van der Waals surface area (Å²) in [4.78, 5) is 30.2. The maximum absolute atomic E-state index is 13.5. The topological polar surface area (TPSA) is 114 Å². The molecule has 1 saturated heterocycles. The first-order valence-electron chi connectivity index (χ1n) is 11.9. The van der Waals surface area contributed by atoms with Gasteiger partial charge in [-0.25, -0.2) is 8.42 Å². The fourth-order valence-corrected chi connectivity index (χ4v) is 5.09. The molecule has 2 heterocycles. The van der Waals surface area contributed by atoms with E-state index in [-0.39, 0.29) is 48.2 Å². The Morgan fingerprint density at radius 2 is 1.86 bits per heavy atom. The summed E-state index contributed by atoms with van der Waals surface area (Å²) in [7, 11) is -0.211. The Hall–Kier alpha value is -2.37. The average Bonchev–Trinajstić information content (AvgIpc) is 2.82. The second-order valence-electron chi connectivity index (χ2n) is 9.56. The lowest BCUT2D eigenvalue weighted by atomic mass is 9.95. The van der Waals surface area contributed by atoms with Gasteiger partial charge >= 0.3 is 0 Å². The molecule has 0 aliphatic carbocycles. The van der Waals surface area contributed by atoms with E-state index in [1.54, 1.807) is 25.1 Å². The van der Waals surface area contributed by atoms with Crippen LogP contribution >= 0.6 is 0 Å². The van der Waals surface area contributed by atoms with Crippen LogP contribution in [-0.2, 0) is 24.3 Å². The summed E-state index contributed by atoms with van der Waals surface area (Å²) in [6.45, 7) is 6.02. The predicted molar refractivity (Wildman–Crippen MR) is 132 cm³/mol. The molecule has 1 fully saturated rings. The summed E-state index contributed by atoms with van der Waals surface area (Å²) in [6, 6.07) is 4.30. The van der Waals surface area contributed by atoms with Crippen molar-refractivity contribution in [2.45, 2.75) is 38.8 Å². The van der Waals surface area contributed by atoms with Crippen LogP contribution in [0.2, 0.25) is 0 Å². The Morgan fingerprint density at radius 1 is 1.17 bits per heavy atom. The fourth-order valence-electron chi connectivity index (χ4n) is 4.54. The molecule has 11 heteroatoms. The van der Waals surface area contributed by atoms with Gasteiger partial charge in [-0.1, -0.05) is 6.92 Å². The van der Waals surface area contributed by atoms with Gasteiger partial charge in [0.05, 0.1) is 29.7 Å². The number of hydrogen-bond donors (Lipinski definition) is 1. The predicted octanol–water partition coefficient (Wildman–Crippen LogP) is 1.82. The molecular formula is C24H37N3O7S. The first-order valence-corrected chi connectivity index (χ1v) is 13.8. The van der Waals surface area contributed by atoms with E-state index in [1.165, 1.54) is 12.1 Å². The average molecular weight is 512 g/mol. The summed E-state index contributed by atoms with van der Waals surface area (Å²) in [5, 5.41) is 0. The minimum absolute atomic E-state index is 0.0262. The molecule has 3 atom stereocenters. The van der Waals surface area contributed by atoms with Crippen molar-refractivity contribution in [3.05, 3.63) is 23.8 Å². The van der Waals surface area contributed by atoms with Crippen molar-refractivity contribution >= 4 is 27.5 Å². The second-order valence-corrected chi connectivity index (χ2v) is 11.3. The van der Waals surface area contributed by atoms with Crippen molar-refractivity contribution in [3.63, 3.8) is 0 Å². The van der Waals surface area contributed by atoms with Gasteiger partial charge in [-0.15, -0.1) is 0 Å². The third kappa shape index (κ3) is 7.08. The number of amides is 2. The monoisotopic (exact) mass is 511 g/mol. The number of carbonyl (C=O) groups is 2. The van der Waals surface area contributed by atoms with Gasteiger partial charge in [-0.2, -0.15) is 0 Å². The van der Waals surface area contributed by atoms with Crippen molar-refractivity contribution in [2.75, 3.05) is 58.0 Å². The highest BCUT2D eigenvalue weighted by atomic mass is 32.2. The van der Waals surface area contributed by atoms with Gasteiger partial charge in [-0.3, -0.25) is 14.3 Å². The summed E-state index contributed by atoms with van der Waals surface area (Å²) in [5.41, 5.74) is 0.601. The number of sulfonamides is 1. The molecule has 1 aromatic rings. The third-order valence-electron chi connectivity index (χ3n) is 6.60. The van der Waals surface area contributed by atoms with Crippen LogP contribution in [0.1, 0.15) is 37.0 Å². The van der Waals surface area contributed by atoms with Gasteiger partial charge in [0.15, 0.2) is 0 Å². The number of benzene rings is 1. The lowest BCUT2D eigenvalue weighted by Gasteiger charge is -2.38. The number of nitrogens with zero attached hydrogens (tertiary/aromatic N) is 2. The highest BCUT2D eigenvalue weighted by Crippen LogP contribution is 2.28. The van der Waals surface area contributed by atoms with E-state index in [4.69, 9.17) is 14.2 Å². The molecule has 0 spiro atoms. The van der Waals surface area contributed by atoms with Crippen LogP contribution in [0, 0.1) is 11.8 Å². The van der Waals surface area contributed by atoms with Crippen LogP contribution in [0.5, 0.6) is 5.75 Å². The molecule has 35 heavy (non-hydrogen) atoms. The Labute approximate surface area is 207 Å². The number of nitrogens with one attached hydrogen (secondary N) is 1. The highest BCUT2D eigenvalue weighted by Gasteiger charge is 2.33. The van der Waals surface area contributed by atoms with Crippen molar-refractivity contribution in [1.29, 1.82) is 0 Å². The molecule has 3 rings (SSSR count). The van der Waals surface area contributed by atoms with Gasteiger partial charge in [0.1, 0.15) is 12.4 Å². The van der Waals surface area contributed by atoms with E-state index in [2.05, 4.69) is 4.72 Å². The molecule has 0 aromatic heterocycles. The Kier molecular flexibility index (Phi) is 9.00. The smallest absolute Gasteiger partial charge is 0.257 e. The lowest BCUT2D eigenvalue weighted by molar-refractivity contribution is -0.142. The van der Waals surface area contributed by atoms with Crippen LogP contribution in [-0.4, -0.2) is 95.5 Å². The number of rotatable bonds is 4. The molecule has 2 aliphatic rings. The SMILES string of the molecule is CO[C@H]1CN(C)C(=O)c2ccc(NS(C)(=O)=O)cc2OC[C@@H](C)N(C(=O)C2CCOCC2)C[C@@H]1C. The molecule has 10 nitrogen and oxygen atoms in total. The molecule has 0 unspecified atom stereocenters. The zero-order valence-corrected chi connectivity index (χ0v) is 22.0. The molecule has 1 aromatic carbocycles. The third-order valence-corrected chi connectivity index (χ3v) is 7.21. The van der Waals surface area contributed by atoms with E-state index in [1.807, 2.05) is 18.7 Å². The van der Waals surface area contributed by atoms with Crippen LogP contribution in [0.4, 0.5) is 5.69 Å². The van der Waals surface area contributed by atoms with E-state index < -0.39 is 10.0 Å². The van der Waals surface area contributed by atoms with E-state index >= 15 is 0 Å². The lowest BCUT2D eigenvalue weighted by Crippen LogP contribution is -2.50. The van der Waals surface area contributed by atoms with Gasteiger partial charge in [-0.05, 0) is 31.9 Å². The molecule has 0 saturated carbocycles. The second kappa shape index (κ2) is 11.6. The summed E-state index contributed by atoms with van der Waals surface area (Å²) >= 11 is 0. The molecule has 2 amide bonds. The summed E-state index contributed by atoms with van der Waals surface area (Å²) < 4.78 is 43.1. The molecule has 2 aliphatic heterocycles. The molecular weight excluding hydrogens is 474 g/mol. The van der Waals surface area contributed by atoms with Gasteiger partial charge in [0, 0.05) is 58.4 Å². The van der Waals surface area contributed by atoms with E-state index in [9.17, 15) is 18.0 Å². The van der Waals surface area contributed by atoms with Crippen LogP contribution in [0.25, 0.3) is 0 Å². The fraction of sp³-hybridized carbons (Fsp3) is 0.667. The minimum atomic E-state index is -3.51. The number of ether oxygens (including phenoxy) is 3. The number of carbonyl (C=O) groups excluding carboxylic acids is 2. The number of fused-ring (bicyclic) bond motifs is 1. The van der Waals surface area contributed by atoms with Crippen LogP contribution < -0.4 is 9.46 Å². The molecule has 196 valence electrons. The zero-order chi connectivity index (χ0) is 25.8. The van der Waals surface area contributed by atoms with Crippen LogP contribution in [0.15, 0.2) is 18.2 Å². The van der Waals surface area contributed by atoms with Crippen molar-refractivity contribution in [2.24, 2.45) is 11.8 Å². The van der Waals surface area contributed by atoms with Gasteiger partial charge in [0.2, 0.25) is 15.9 Å². The number of likely N-dealkylation sites (N-methyl/N-ethyl adjacent to an activating group) is 1. The quantitative estimate of drug-likeness (QED) is 0.656. The summed E-state index contributed by atoms with van der Waals surface area (Å²) in [5.74, 6) is -0.0663. The Morgan fingerprint density at radius 3 is 2.49 bits per heavy atom. The van der Waals surface area contributed by atoms with E-state index in [0.717, 1.165) is 6.26 Å². The highest BCUT2D eigenvalue weighted by molar-refractivity contribution is 7.92. The zero-order valence-electron chi connectivity index (χ0n) is 21.2. The number of methoxy groups -OCH3 is 1. The maximum atomic E-state index is 13.5. The molecule has 0 bridgehead atoms. The normalized spacial score (nSPS) is 25.2. The summed E-state index contributed by atoms with van der Waals surface area (Å²) in [6.07, 6.45) is 2.15. The van der Waals surface area contributed by atoms with Crippen molar-refractivity contribution in [1.82, 2.24) is 9.80 Å². The molecule has 0 radical (unpaired) electrons. The van der Waals surface area contributed by atoms with Crippen molar-refractivity contribution < 1.29 is 32.2 Å². The van der Waals surface area contributed by atoms with Crippen LogP contribution in [0.3, 0.4) is 0 Å². The van der Waals surface area contributed by atoms with Gasteiger partial charge < -0.3 is 24.0 Å². The Bertz CT molecular complexity index is 1010.